The fraction of sp³-hybridized carbons (Fsp3) is 0.0714. The molecule has 10 heteroatoms. The maximum absolute atomic E-state index is 13.3. The summed E-state index contributed by atoms with van der Waals surface area (Å²) in [6.45, 7) is 0. The van der Waals surface area contributed by atoms with Crippen LogP contribution in [0.4, 0.5) is 16.2 Å². The van der Waals surface area contributed by atoms with E-state index in [1.54, 1.807) is 54.6 Å². The zero-order chi connectivity index (χ0) is 26.3. The van der Waals surface area contributed by atoms with E-state index in [4.69, 9.17) is 10.5 Å². The van der Waals surface area contributed by atoms with Gasteiger partial charge in [0.2, 0.25) is 0 Å². The molecule has 8 nitrogen and oxygen atoms in total. The molecule has 38 heavy (non-hydrogen) atoms. The molecule has 1 atom stereocenters. The van der Waals surface area contributed by atoms with Crippen molar-refractivity contribution in [1.82, 2.24) is 8.75 Å². The second kappa shape index (κ2) is 9.49. The number of aromatic nitrogens is 2. The fourth-order valence-corrected chi connectivity index (χ4v) is 5.85. The van der Waals surface area contributed by atoms with Crippen molar-refractivity contribution < 1.29 is 19.4 Å². The molecule has 2 aromatic heterocycles. The van der Waals surface area contributed by atoms with Gasteiger partial charge in [-0.3, -0.25) is 4.90 Å². The maximum Gasteiger partial charge on any atom is 0.342 e. The van der Waals surface area contributed by atoms with E-state index in [9.17, 15) is 14.7 Å². The lowest BCUT2D eigenvalue weighted by atomic mass is 9.89. The van der Waals surface area contributed by atoms with E-state index in [2.05, 4.69) is 8.75 Å². The Bertz CT molecular complexity index is 1680. The molecular formula is C28H20N4O4S2. The summed E-state index contributed by atoms with van der Waals surface area (Å²) in [6, 6.07) is 24.2. The van der Waals surface area contributed by atoms with E-state index in [0.29, 0.717) is 45.6 Å². The van der Waals surface area contributed by atoms with Gasteiger partial charge in [-0.1, -0.05) is 42.5 Å². The van der Waals surface area contributed by atoms with Crippen molar-refractivity contribution >= 4 is 63.0 Å². The number of ether oxygens (including phenoxy) is 1. The van der Waals surface area contributed by atoms with Crippen LogP contribution >= 0.6 is 23.1 Å². The van der Waals surface area contributed by atoms with E-state index < -0.39 is 17.8 Å². The molecule has 0 spiro atoms. The molecule has 0 saturated carbocycles. The Morgan fingerprint density at radius 2 is 1.68 bits per heavy atom. The number of cyclic esters (lactones) is 1. The summed E-state index contributed by atoms with van der Waals surface area (Å²) in [7, 11) is 0. The summed E-state index contributed by atoms with van der Waals surface area (Å²) in [5.74, 6) is -2.64. The number of thiophene rings is 1. The minimum absolute atomic E-state index is 0.294. The number of carbonyl (C=O) groups is 2. The third-order valence-electron chi connectivity index (χ3n) is 6.38. The molecule has 0 saturated heterocycles. The second-order valence-electron chi connectivity index (χ2n) is 8.67. The van der Waals surface area contributed by atoms with Crippen molar-refractivity contribution in [3.63, 3.8) is 0 Å². The number of amides is 2. The normalized spacial score (nSPS) is 17.1. The summed E-state index contributed by atoms with van der Waals surface area (Å²) in [4.78, 5) is 27.9. The first-order valence-electron chi connectivity index (χ1n) is 11.6. The number of rotatable bonds is 6. The standard InChI is InChI=1S/C28H20N4O4S2/c29-27(34)32(19-5-2-1-3-6-19)20-11-9-18(10-12-20)28(35)22(16-21-7-4-14-37-21)25(26(33)36-28)17-8-13-23-24(15-17)31-38-30-23/h1-15,35H,16H2,(H2,29,34). The molecule has 0 bridgehead atoms. The Labute approximate surface area is 225 Å². The number of para-hydroxylation sites is 1. The summed E-state index contributed by atoms with van der Waals surface area (Å²) in [6.07, 6.45) is 0.307. The number of nitrogens with zero attached hydrogens (tertiary/aromatic N) is 3. The van der Waals surface area contributed by atoms with Gasteiger partial charge in [-0.05, 0) is 53.4 Å². The quantitative estimate of drug-likeness (QED) is 0.280. The van der Waals surface area contributed by atoms with Crippen LogP contribution in [0.3, 0.4) is 0 Å². The van der Waals surface area contributed by atoms with Gasteiger partial charge in [-0.15, -0.1) is 11.3 Å². The number of aliphatic hydroxyl groups is 1. The Balaban J connectivity index is 1.45. The van der Waals surface area contributed by atoms with E-state index in [1.165, 1.54) is 16.2 Å². The number of hydrogen-bond donors (Lipinski definition) is 2. The zero-order valence-corrected chi connectivity index (χ0v) is 21.4. The van der Waals surface area contributed by atoms with Crippen molar-refractivity contribution in [3.8, 4) is 0 Å². The molecule has 1 aliphatic heterocycles. The largest absolute Gasteiger partial charge is 0.421 e. The topological polar surface area (TPSA) is 119 Å². The highest BCUT2D eigenvalue weighted by molar-refractivity contribution is 7.09. The first kappa shape index (κ1) is 24.0. The molecule has 3 N–H and O–H groups in total. The number of urea groups is 1. The van der Waals surface area contributed by atoms with Crippen LogP contribution in [0.25, 0.3) is 16.6 Å². The number of nitrogens with two attached hydrogens (primary N) is 1. The number of carbonyl (C=O) groups excluding carboxylic acids is 2. The van der Waals surface area contributed by atoms with E-state index in [0.717, 1.165) is 22.1 Å². The van der Waals surface area contributed by atoms with Crippen LogP contribution in [0.15, 0.2) is 95.9 Å². The van der Waals surface area contributed by atoms with E-state index in [1.807, 2.05) is 35.7 Å². The highest BCUT2D eigenvalue weighted by atomic mass is 32.1. The lowest BCUT2D eigenvalue weighted by molar-refractivity contribution is -0.185. The van der Waals surface area contributed by atoms with Gasteiger partial charge in [0.25, 0.3) is 5.79 Å². The fourth-order valence-electron chi connectivity index (χ4n) is 4.61. The Hall–Kier alpha value is -4.38. The first-order valence-corrected chi connectivity index (χ1v) is 13.2. The molecule has 1 aliphatic rings. The molecule has 3 heterocycles. The van der Waals surface area contributed by atoms with Gasteiger partial charge in [-0.25, -0.2) is 9.59 Å². The van der Waals surface area contributed by atoms with Crippen LogP contribution in [0.5, 0.6) is 0 Å². The molecule has 3 aromatic carbocycles. The predicted octanol–water partition coefficient (Wildman–Crippen LogP) is 5.37. The molecule has 2 amide bonds. The Kier molecular flexibility index (Phi) is 5.99. The molecule has 5 aromatic rings. The van der Waals surface area contributed by atoms with Gasteiger partial charge in [0.15, 0.2) is 0 Å². The average Bonchev–Trinajstić information content (AvgIpc) is 3.65. The molecule has 0 radical (unpaired) electrons. The van der Waals surface area contributed by atoms with Crippen molar-refractivity contribution in [2.75, 3.05) is 4.90 Å². The smallest absolute Gasteiger partial charge is 0.342 e. The van der Waals surface area contributed by atoms with Crippen molar-refractivity contribution in [3.05, 3.63) is 112 Å². The third kappa shape index (κ3) is 4.14. The first-order chi connectivity index (χ1) is 18.4. The van der Waals surface area contributed by atoms with Crippen LogP contribution in [0.1, 0.15) is 16.0 Å². The van der Waals surface area contributed by atoms with Gasteiger partial charge in [0.1, 0.15) is 11.0 Å². The van der Waals surface area contributed by atoms with Crippen molar-refractivity contribution in [1.29, 1.82) is 0 Å². The highest BCUT2D eigenvalue weighted by Crippen LogP contribution is 2.45. The third-order valence-corrected chi connectivity index (χ3v) is 7.81. The van der Waals surface area contributed by atoms with Crippen molar-refractivity contribution in [2.45, 2.75) is 12.2 Å². The number of primary amides is 1. The molecule has 0 fully saturated rings. The number of esters is 1. The van der Waals surface area contributed by atoms with E-state index >= 15 is 0 Å². The van der Waals surface area contributed by atoms with Gasteiger partial charge in [0, 0.05) is 22.4 Å². The lowest BCUT2D eigenvalue weighted by Crippen LogP contribution is -2.32. The molecular weight excluding hydrogens is 520 g/mol. The van der Waals surface area contributed by atoms with Gasteiger partial charge in [0.05, 0.1) is 28.7 Å². The summed E-state index contributed by atoms with van der Waals surface area (Å²) in [5.41, 5.74) is 9.84. The molecule has 1 unspecified atom stereocenters. The number of fused-ring (bicyclic) bond motifs is 1. The molecule has 188 valence electrons. The van der Waals surface area contributed by atoms with E-state index in [-0.39, 0.29) is 0 Å². The average molecular weight is 541 g/mol. The minimum Gasteiger partial charge on any atom is -0.421 e. The number of benzene rings is 3. The summed E-state index contributed by atoms with van der Waals surface area (Å²) in [5, 5.41) is 13.9. The lowest BCUT2D eigenvalue weighted by Gasteiger charge is -2.27. The number of hydrogen-bond acceptors (Lipinski definition) is 8. The highest BCUT2D eigenvalue weighted by Gasteiger charge is 2.48. The monoisotopic (exact) mass is 540 g/mol. The number of anilines is 2. The van der Waals surface area contributed by atoms with Gasteiger partial charge >= 0.3 is 12.0 Å². The predicted molar refractivity (Wildman–Crippen MR) is 147 cm³/mol. The van der Waals surface area contributed by atoms with Crippen LogP contribution in [0, 0.1) is 0 Å². The Morgan fingerprint density at radius 1 is 0.947 bits per heavy atom. The SMILES string of the molecule is NC(=O)N(c1ccccc1)c1ccc(C2(O)OC(=O)C(c3ccc4nsnc4c3)=C2Cc2cccs2)cc1. The van der Waals surface area contributed by atoms with Gasteiger partial charge in [-0.2, -0.15) is 8.75 Å². The van der Waals surface area contributed by atoms with Crippen LogP contribution in [-0.2, 0) is 21.7 Å². The summed E-state index contributed by atoms with van der Waals surface area (Å²) >= 11 is 2.62. The molecule has 6 rings (SSSR count). The maximum atomic E-state index is 13.3. The van der Waals surface area contributed by atoms with Crippen molar-refractivity contribution in [2.24, 2.45) is 5.73 Å². The van der Waals surface area contributed by atoms with Crippen LogP contribution in [-0.4, -0.2) is 25.9 Å². The minimum atomic E-state index is -2.01. The second-order valence-corrected chi connectivity index (χ2v) is 10.2. The van der Waals surface area contributed by atoms with Crippen LogP contribution in [0.2, 0.25) is 0 Å². The molecule has 0 aliphatic carbocycles. The zero-order valence-electron chi connectivity index (χ0n) is 19.8. The summed E-state index contributed by atoms with van der Waals surface area (Å²) < 4.78 is 14.2. The van der Waals surface area contributed by atoms with Gasteiger partial charge < -0.3 is 15.6 Å². The van der Waals surface area contributed by atoms with Crippen LogP contribution < -0.4 is 10.6 Å². The Morgan fingerprint density at radius 3 is 2.39 bits per heavy atom.